The molecular formula is C22H27N3O2. The van der Waals surface area contributed by atoms with E-state index in [2.05, 4.69) is 60.5 Å². The van der Waals surface area contributed by atoms with Crippen molar-refractivity contribution in [2.24, 2.45) is 0 Å². The molecule has 2 atom stereocenters. The van der Waals surface area contributed by atoms with E-state index in [-0.39, 0.29) is 11.9 Å². The fourth-order valence-electron chi connectivity index (χ4n) is 3.35. The van der Waals surface area contributed by atoms with Crippen LogP contribution in [0.4, 0.5) is 0 Å². The van der Waals surface area contributed by atoms with Crippen LogP contribution in [-0.2, 0) is 0 Å². The first kappa shape index (κ1) is 19.1. The molecule has 0 unspecified atom stereocenters. The Bertz CT molecular complexity index is 944. The molecule has 3 rings (SSSR count). The molecular weight excluding hydrogens is 338 g/mol. The second-order valence-corrected chi connectivity index (χ2v) is 7.17. The summed E-state index contributed by atoms with van der Waals surface area (Å²) in [5, 5.41) is 7.80. The molecule has 142 valence electrons. The first-order valence-electron chi connectivity index (χ1n) is 9.58. The minimum Gasteiger partial charge on any atom is -0.345 e. The number of benzene rings is 1. The van der Waals surface area contributed by atoms with Gasteiger partial charge in [0.1, 0.15) is 0 Å². The summed E-state index contributed by atoms with van der Waals surface area (Å²) in [6, 6.07) is 10.3. The van der Waals surface area contributed by atoms with Gasteiger partial charge in [-0.1, -0.05) is 50.2 Å². The summed E-state index contributed by atoms with van der Waals surface area (Å²) < 4.78 is 5.24. The molecule has 0 spiro atoms. The molecule has 3 aromatic rings. The Labute approximate surface area is 160 Å². The fraction of sp³-hybridized carbons (Fsp3) is 0.409. The van der Waals surface area contributed by atoms with Crippen LogP contribution in [0.5, 0.6) is 0 Å². The second kappa shape index (κ2) is 7.91. The van der Waals surface area contributed by atoms with Crippen LogP contribution in [0.1, 0.15) is 78.4 Å². The van der Waals surface area contributed by atoms with Crippen LogP contribution in [0.15, 0.2) is 34.9 Å². The molecule has 0 aliphatic carbocycles. The molecule has 0 bridgehead atoms. The van der Waals surface area contributed by atoms with Crippen LogP contribution in [0.2, 0.25) is 0 Å². The van der Waals surface area contributed by atoms with Gasteiger partial charge in [0.15, 0.2) is 0 Å². The number of carbonyl (C=O) groups is 1. The van der Waals surface area contributed by atoms with Gasteiger partial charge in [-0.15, -0.1) is 0 Å². The highest BCUT2D eigenvalue weighted by molar-refractivity contribution is 6.06. The number of carbonyl (C=O) groups excluding carboxylic acids is 1. The van der Waals surface area contributed by atoms with E-state index in [4.69, 9.17) is 4.52 Å². The first-order chi connectivity index (χ1) is 12.9. The van der Waals surface area contributed by atoms with Gasteiger partial charge in [-0.3, -0.25) is 4.79 Å². The van der Waals surface area contributed by atoms with Gasteiger partial charge in [0.05, 0.1) is 22.7 Å². The Kier molecular flexibility index (Phi) is 5.59. The van der Waals surface area contributed by atoms with Crippen molar-refractivity contribution >= 4 is 17.0 Å². The lowest BCUT2D eigenvalue weighted by Crippen LogP contribution is -2.28. The van der Waals surface area contributed by atoms with Crippen molar-refractivity contribution in [1.82, 2.24) is 15.5 Å². The third kappa shape index (κ3) is 3.87. The number of nitrogens with zero attached hydrogens (tertiary/aromatic N) is 2. The van der Waals surface area contributed by atoms with E-state index in [1.807, 2.05) is 13.8 Å². The molecule has 27 heavy (non-hydrogen) atoms. The largest absolute Gasteiger partial charge is 0.345 e. The number of amides is 1. The van der Waals surface area contributed by atoms with Crippen LogP contribution >= 0.6 is 0 Å². The normalized spacial score (nSPS) is 13.5. The Morgan fingerprint density at radius 1 is 1.11 bits per heavy atom. The van der Waals surface area contributed by atoms with E-state index < -0.39 is 0 Å². The predicted octanol–water partition coefficient (Wildman–Crippen LogP) is 5.23. The number of pyridine rings is 1. The number of hydrogen-bond acceptors (Lipinski definition) is 4. The van der Waals surface area contributed by atoms with Crippen molar-refractivity contribution in [3.8, 4) is 0 Å². The highest BCUT2D eigenvalue weighted by Crippen LogP contribution is 2.25. The van der Waals surface area contributed by atoms with Crippen LogP contribution in [-0.4, -0.2) is 16.0 Å². The van der Waals surface area contributed by atoms with E-state index in [0.717, 1.165) is 24.1 Å². The standard InChI is InChI=1S/C22H27N3O2/c1-6-13(3)16-8-10-17(11-9-16)19(7-2)24-21(26)18-12-14(4)23-22-20(18)15(5)25-27-22/h8-13,19H,6-7H2,1-5H3,(H,24,26)/t13-,19-/m1/s1. The summed E-state index contributed by atoms with van der Waals surface area (Å²) in [5.41, 5.74) is 4.81. The number of hydrogen-bond donors (Lipinski definition) is 1. The van der Waals surface area contributed by atoms with Gasteiger partial charge in [-0.05, 0) is 49.8 Å². The lowest BCUT2D eigenvalue weighted by Gasteiger charge is -2.19. The Morgan fingerprint density at radius 2 is 1.78 bits per heavy atom. The Morgan fingerprint density at radius 3 is 2.41 bits per heavy atom. The zero-order valence-corrected chi connectivity index (χ0v) is 16.7. The summed E-state index contributed by atoms with van der Waals surface area (Å²) >= 11 is 0. The molecule has 1 N–H and O–H groups in total. The van der Waals surface area contributed by atoms with E-state index in [1.165, 1.54) is 5.56 Å². The lowest BCUT2D eigenvalue weighted by molar-refractivity contribution is 0.0937. The summed E-state index contributed by atoms with van der Waals surface area (Å²) in [6.45, 7) is 10.2. The van der Waals surface area contributed by atoms with Crippen molar-refractivity contribution in [2.75, 3.05) is 0 Å². The quantitative estimate of drug-likeness (QED) is 0.649. The van der Waals surface area contributed by atoms with E-state index >= 15 is 0 Å². The van der Waals surface area contributed by atoms with Crippen LogP contribution in [0, 0.1) is 13.8 Å². The van der Waals surface area contributed by atoms with Crippen molar-refractivity contribution in [2.45, 2.75) is 59.4 Å². The molecule has 5 nitrogen and oxygen atoms in total. The van der Waals surface area contributed by atoms with Gasteiger partial charge >= 0.3 is 0 Å². The van der Waals surface area contributed by atoms with Crippen molar-refractivity contribution in [1.29, 1.82) is 0 Å². The third-order valence-electron chi connectivity index (χ3n) is 5.22. The van der Waals surface area contributed by atoms with Crippen molar-refractivity contribution in [3.05, 3.63) is 58.4 Å². The molecule has 0 radical (unpaired) electrons. The molecule has 2 aromatic heterocycles. The summed E-state index contributed by atoms with van der Waals surface area (Å²) in [4.78, 5) is 17.3. The number of nitrogens with one attached hydrogen (secondary N) is 1. The molecule has 0 fully saturated rings. The zero-order valence-electron chi connectivity index (χ0n) is 16.7. The van der Waals surface area contributed by atoms with Gasteiger partial charge in [0.2, 0.25) is 0 Å². The molecule has 1 amide bonds. The topological polar surface area (TPSA) is 68.0 Å². The highest BCUT2D eigenvalue weighted by Gasteiger charge is 2.20. The highest BCUT2D eigenvalue weighted by atomic mass is 16.5. The SMILES string of the molecule is CC[C@@H](C)c1ccc([C@@H](CC)NC(=O)c2cc(C)nc3onc(C)c23)cc1. The minimum atomic E-state index is -0.130. The van der Waals surface area contributed by atoms with Crippen LogP contribution in [0.25, 0.3) is 11.1 Å². The summed E-state index contributed by atoms with van der Waals surface area (Å²) in [5.74, 6) is 0.410. The van der Waals surface area contributed by atoms with E-state index in [9.17, 15) is 4.79 Å². The molecule has 2 heterocycles. The summed E-state index contributed by atoms with van der Waals surface area (Å²) in [6.07, 6.45) is 1.92. The molecule has 1 aromatic carbocycles. The first-order valence-corrected chi connectivity index (χ1v) is 9.58. The maximum absolute atomic E-state index is 13.0. The van der Waals surface area contributed by atoms with Gasteiger partial charge in [-0.25, -0.2) is 4.98 Å². The van der Waals surface area contributed by atoms with E-state index in [0.29, 0.717) is 28.3 Å². The average molecular weight is 365 g/mol. The fourth-order valence-corrected chi connectivity index (χ4v) is 3.35. The lowest BCUT2D eigenvalue weighted by atomic mass is 9.95. The summed E-state index contributed by atoms with van der Waals surface area (Å²) in [7, 11) is 0. The van der Waals surface area contributed by atoms with Crippen LogP contribution in [0.3, 0.4) is 0 Å². The molecule has 0 aliphatic heterocycles. The van der Waals surface area contributed by atoms with E-state index in [1.54, 1.807) is 6.07 Å². The van der Waals surface area contributed by atoms with Gasteiger partial charge in [0.25, 0.3) is 11.6 Å². The minimum absolute atomic E-state index is 0.0489. The third-order valence-corrected chi connectivity index (χ3v) is 5.22. The zero-order chi connectivity index (χ0) is 19.6. The van der Waals surface area contributed by atoms with Crippen molar-refractivity contribution < 1.29 is 9.32 Å². The Balaban J connectivity index is 1.87. The molecule has 0 aliphatic rings. The predicted molar refractivity (Wildman–Crippen MR) is 107 cm³/mol. The molecule has 0 saturated carbocycles. The van der Waals surface area contributed by atoms with Gasteiger partial charge in [0, 0.05) is 5.69 Å². The monoisotopic (exact) mass is 365 g/mol. The molecule has 5 heteroatoms. The number of fused-ring (bicyclic) bond motifs is 1. The number of aryl methyl sites for hydroxylation is 2. The smallest absolute Gasteiger partial charge is 0.258 e. The maximum Gasteiger partial charge on any atom is 0.258 e. The number of aromatic nitrogens is 2. The molecule has 0 saturated heterocycles. The average Bonchev–Trinajstić information content (AvgIpc) is 3.05. The maximum atomic E-state index is 13.0. The van der Waals surface area contributed by atoms with Gasteiger partial charge < -0.3 is 9.84 Å². The van der Waals surface area contributed by atoms with Crippen molar-refractivity contribution in [3.63, 3.8) is 0 Å². The van der Waals surface area contributed by atoms with Crippen LogP contribution < -0.4 is 5.32 Å². The Hall–Kier alpha value is -2.69. The second-order valence-electron chi connectivity index (χ2n) is 7.17. The number of rotatable bonds is 6. The van der Waals surface area contributed by atoms with Gasteiger partial charge in [-0.2, -0.15) is 0 Å².